The van der Waals surface area contributed by atoms with Crippen LogP contribution in [0.2, 0.25) is 0 Å². The smallest absolute Gasteiger partial charge is 0.169 e. The van der Waals surface area contributed by atoms with E-state index < -0.39 is 0 Å². The van der Waals surface area contributed by atoms with Gasteiger partial charge < -0.3 is 9.80 Å². The predicted molar refractivity (Wildman–Crippen MR) is 102 cm³/mol. The van der Waals surface area contributed by atoms with E-state index in [0.29, 0.717) is 5.56 Å². The first kappa shape index (κ1) is 17.6. The summed E-state index contributed by atoms with van der Waals surface area (Å²) in [5.41, 5.74) is 2.65. The van der Waals surface area contributed by atoms with Crippen molar-refractivity contribution in [2.24, 2.45) is 0 Å². The van der Waals surface area contributed by atoms with Gasteiger partial charge in [0.2, 0.25) is 0 Å². The van der Waals surface area contributed by atoms with Crippen molar-refractivity contribution in [3.05, 3.63) is 39.6 Å². The zero-order valence-corrected chi connectivity index (χ0v) is 16.1. The SMILES string of the molecule is CCc1nnc(N2CCN(c3ccc(Br)cn3)CC2)c(C#N)c1CC. The third-order valence-corrected chi connectivity index (χ3v) is 5.02. The molecule has 0 spiro atoms. The highest BCUT2D eigenvalue weighted by Gasteiger charge is 2.24. The first-order valence-corrected chi connectivity index (χ1v) is 9.37. The molecule has 0 radical (unpaired) electrons. The van der Waals surface area contributed by atoms with Gasteiger partial charge in [0.25, 0.3) is 0 Å². The molecular formula is C18H21BrN6. The van der Waals surface area contributed by atoms with E-state index in [1.807, 2.05) is 25.3 Å². The maximum atomic E-state index is 9.67. The molecule has 7 heteroatoms. The molecule has 1 fully saturated rings. The molecule has 0 unspecified atom stereocenters. The molecule has 1 aliphatic heterocycles. The van der Waals surface area contributed by atoms with Crippen molar-refractivity contribution in [3.8, 4) is 6.07 Å². The molecule has 1 saturated heterocycles. The topological polar surface area (TPSA) is 68.9 Å². The molecule has 3 rings (SSSR count). The Morgan fingerprint density at radius 3 is 2.36 bits per heavy atom. The number of rotatable bonds is 4. The van der Waals surface area contributed by atoms with Crippen molar-refractivity contribution in [2.45, 2.75) is 26.7 Å². The van der Waals surface area contributed by atoms with E-state index in [4.69, 9.17) is 0 Å². The lowest BCUT2D eigenvalue weighted by molar-refractivity contribution is 0.635. The van der Waals surface area contributed by atoms with Gasteiger partial charge in [-0.3, -0.25) is 0 Å². The molecule has 130 valence electrons. The highest BCUT2D eigenvalue weighted by atomic mass is 79.9. The maximum absolute atomic E-state index is 9.67. The van der Waals surface area contributed by atoms with Crippen molar-refractivity contribution in [1.82, 2.24) is 15.2 Å². The van der Waals surface area contributed by atoms with Crippen LogP contribution in [0.4, 0.5) is 11.6 Å². The van der Waals surface area contributed by atoms with E-state index >= 15 is 0 Å². The van der Waals surface area contributed by atoms with Crippen LogP contribution in [0, 0.1) is 11.3 Å². The van der Waals surface area contributed by atoms with E-state index in [1.165, 1.54) is 0 Å². The molecule has 3 heterocycles. The highest BCUT2D eigenvalue weighted by molar-refractivity contribution is 9.10. The first-order chi connectivity index (χ1) is 12.2. The summed E-state index contributed by atoms with van der Waals surface area (Å²) in [4.78, 5) is 8.88. The van der Waals surface area contributed by atoms with Crippen molar-refractivity contribution < 1.29 is 0 Å². The molecule has 2 aromatic heterocycles. The summed E-state index contributed by atoms with van der Waals surface area (Å²) in [7, 11) is 0. The fourth-order valence-corrected chi connectivity index (χ4v) is 3.44. The first-order valence-electron chi connectivity index (χ1n) is 8.57. The molecule has 0 N–H and O–H groups in total. The molecule has 2 aromatic rings. The summed E-state index contributed by atoms with van der Waals surface area (Å²) in [5.74, 6) is 1.70. The average Bonchev–Trinajstić information content (AvgIpc) is 2.67. The number of hydrogen-bond acceptors (Lipinski definition) is 6. The molecule has 25 heavy (non-hydrogen) atoms. The van der Waals surface area contributed by atoms with E-state index in [1.54, 1.807) is 0 Å². The Morgan fingerprint density at radius 2 is 1.80 bits per heavy atom. The standard InChI is InChI=1S/C18H21BrN6/c1-3-14-15(11-20)18(23-22-16(14)4-2)25-9-7-24(8-10-25)17-6-5-13(19)12-21-17/h5-6,12H,3-4,7-10H2,1-2H3. The zero-order chi connectivity index (χ0) is 17.8. The molecule has 1 aliphatic rings. The largest absolute Gasteiger partial charge is 0.353 e. The Hall–Kier alpha value is -2.20. The minimum atomic E-state index is 0.685. The predicted octanol–water partition coefficient (Wildman–Crippen LogP) is 2.96. The van der Waals surface area contributed by atoms with Crippen LogP contribution in [0.15, 0.2) is 22.8 Å². The third kappa shape index (κ3) is 3.59. The van der Waals surface area contributed by atoms with Gasteiger partial charge in [-0.25, -0.2) is 4.98 Å². The zero-order valence-electron chi connectivity index (χ0n) is 14.5. The lowest BCUT2D eigenvalue weighted by Gasteiger charge is -2.36. The van der Waals surface area contributed by atoms with Crippen LogP contribution < -0.4 is 9.80 Å². The van der Waals surface area contributed by atoms with Crippen molar-refractivity contribution in [3.63, 3.8) is 0 Å². The van der Waals surface area contributed by atoms with E-state index in [9.17, 15) is 5.26 Å². The van der Waals surface area contributed by atoms with Crippen LogP contribution in [-0.2, 0) is 12.8 Å². The van der Waals surface area contributed by atoms with Crippen LogP contribution in [0.5, 0.6) is 0 Å². The molecule has 0 aromatic carbocycles. The summed E-state index contributed by atoms with van der Waals surface area (Å²) < 4.78 is 0.979. The van der Waals surface area contributed by atoms with Gasteiger partial charge in [-0.15, -0.1) is 5.10 Å². The third-order valence-electron chi connectivity index (χ3n) is 4.55. The second-order valence-electron chi connectivity index (χ2n) is 5.95. The van der Waals surface area contributed by atoms with E-state index in [-0.39, 0.29) is 0 Å². The van der Waals surface area contributed by atoms with Crippen molar-refractivity contribution in [2.75, 3.05) is 36.0 Å². The second-order valence-corrected chi connectivity index (χ2v) is 6.87. The number of nitriles is 1. The monoisotopic (exact) mass is 400 g/mol. The van der Waals surface area contributed by atoms with E-state index in [0.717, 1.165) is 66.4 Å². The average molecular weight is 401 g/mol. The fraction of sp³-hybridized carbons (Fsp3) is 0.444. The van der Waals surface area contributed by atoms with E-state index in [2.05, 4.69) is 53.9 Å². The lowest BCUT2D eigenvalue weighted by Crippen LogP contribution is -2.47. The Labute approximate surface area is 156 Å². The molecular weight excluding hydrogens is 380 g/mol. The van der Waals surface area contributed by atoms with Crippen LogP contribution in [-0.4, -0.2) is 41.4 Å². The van der Waals surface area contributed by atoms with Crippen molar-refractivity contribution in [1.29, 1.82) is 5.26 Å². The number of anilines is 2. The van der Waals surface area contributed by atoms with Gasteiger partial charge >= 0.3 is 0 Å². The molecule has 0 bridgehead atoms. The Balaban J connectivity index is 1.79. The van der Waals surface area contributed by atoms with Gasteiger partial charge in [0.15, 0.2) is 5.82 Å². The number of nitrogens with zero attached hydrogens (tertiary/aromatic N) is 6. The van der Waals surface area contributed by atoms with Crippen LogP contribution in [0.3, 0.4) is 0 Å². The quantitative estimate of drug-likeness (QED) is 0.785. The van der Waals surface area contributed by atoms with Gasteiger partial charge in [-0.1, -0.05) is 13.8 Å². The van der Waals surface area contributed by atoms with Crippen molar-refractivity contribution >= 4 is 27.6 Å². The molecule has 6 nitrogen and oxygen atoms in total. The summed E-state index contributed by atoms with van der Waals surface area (Å²) in [6.07, 6.45) is 3.42. The normalized spacial score (nSPS) is 14.5. The number of aromatic nitrogens is 3. The highest BCUT2D eigenvalue weighted by Crippen LogP contribution is 2.25. The summed E-state index contributed by atoms with van der Waals surface area (Å²) in [6.45, 7) is 7.41. The summed E-state index contributed by atoms with van der Waals surface area (Å²) >= 11 is 3.42. The molecule has 0 saturated carbocycles. The summed E-state index contributed by atoms with van der Waals surface area (Å²) in [5, 5.41) is 18.4. The van der Waals surface area contributed by atoms with Crippen LogP contribution >= 0.6 is 15.9 Å². The Kier molecular flexibility index (Phi) is 5.49. The molecule has 0 atom stereocenters. The minimum Gasteiger partial charge on any atom is -0.353 e. The number of aryl methyl sites for hydroxylation is 1. The number of hydrogen-bond donors (Lipinski definition) is 0. The molecule has 0 amide bonds. The maximum Gasteiger partial charge on any atom is 0.169 e. The Bertz CT molecular complexity index is 775. The number of halogens is 1. The van der Waals surface area contributed by atoms with Gasteiger partial charge in [0.05, 0.1) is 5.69 Å². The van der Waals surface area contributed by atoms with Crippen LogP contribution in [0.1, 0.15) is 30.7 Å². The fourth-order valence-electron chi connectivity index (χ4n) is 3.20. The van der Waals surface area contributed by atoms with Gasteiger partial charge in [0.1, 0.15) is 17.5 Å². The number of pyridine rings is 1. The summed E-state index contributed by atoms with van der Waals surface area (Å²) in [6, 6.07) is 6.39. The molecule has 0 aliphatic carbocycles. The van der Waals surface area contributed by atoms with Gasteiger partial charge in [0, 0.05) is 36.8 Å². The second kappa shape index (κ2) is 7.79. The van der Waals surface area contributed by atoms with Gasteiger partial charge in [-0.2, -0.15) is 10.4 Å². The minimum absolute atomic E-state index is 0.685. The lowest BCUT2D eigenvalue weighted by atomic mass is 10.0. The van der Waals surface area contributed by atoms with Gasteiger partial charge in [-0.05, 0) is 46.5 Å². The van der Waals surface area contributed by atoms with Crippen LogP contribution in [0.25, 0.3) is 0 Å². The number of piperazine rings is 1. The Morgan fingerprint density at radius 1 is 1.08 bits per heavy atom.